The smallest absolute Gasteiger partial charge is 0.166 e. The quantitative estimate of drug-likeness (QED) is 0.871. The molecule has 0 saturated carbocycles. The number of nitrogens with one attached hydrogen (secondary N) is 1. The molecule has 1 aromatic carbocycles. The topological polar surface area (TPSA) is 63.5 Å². The van der Waals surface area contributed by atoms with Crippen molar-refractivity contribution in [2.75, 3.05) is 33.9 Å². The Morgan fingerprint density at radius 2 is 2.22 bits per heavy atom. The van der Waals surface area contributed by atoms with E-state index in [1.807, 2.05) is 0 Å². The van der Waals surface area contributed by atoms with Gasteiger partial charge in [-0.1, -0.05) is 0 Å². The third kappa shape index (κ3) is 2.40. The molecule has 1 N–H and O–H groups in total. The van der Waals surface area contributed by atoms with Gasteiger partial charge in [0.2, 0.25) is 0 Å². The van der Waals surface area contributed by atoms with E-state index < -0.39 is 0 Å². The summed E-state index contributed by atoms with van der Waals surface area (Å²) in [6.45, 7) is 2.19. The molecule has 0 spiro atoms. The molecule has 0 aliphatic carbocycles. The van der Waals surface area contributed by atoms with Crippen LogP contribution in [0.4, 0.5) is 0 Å². The van der Waals surface area contributed by atoms with Gasteiger partial charge in [-0.25, -0.2) is 0 Å². The number of hydrogen-bond donors (Lipinski definition) is 1. The monoisotopic (exact) mass is 248 g/mol. The first-order valence-electron chi connectivity index (χ1n) is 5.78. The standard InChI is InChI=1S/C13H16N2O3/c1-16-11-6-9(7-14)5-10(13(11)17-2)12-8-15-3-4-18-12/h5-6,12,15H,3-4,8H2,1-2H3. The van der Waals surface area contributed by atoms with Crippen LogP contribution >= 0.6 is 0 Å². The average molecular weight is 248 g/mol. The summed E-state index contributed by atoms with van der Waals surface area (Å²) in [4.78, 5) is 0. The van der Waals surface area contributed by atoms with Gasteiger partial charge < -0.3 is 19.5 Å². The first-order chi connectivity index (χ1) is 8.80. The maximum absolute atomic E-state index is 9.04. The van der Waals surface area contributed by atoms with Crippen LogP contribution in [0.3, 0.4) is 0 Å². The van der Waals surface area contributed by atoms with Crippen LogP contribution in [0.5, 0.6) is 11.5 Å². The first-order valence-corrected chi connectivity index (χ1v) is 5.78. The highest BCUT2D eigenvalue weighted by molar-refractivity contribution is 5.53. The largest absolute Gasteiger partial charge is 0.493 e. The summed E-state index contributed by atoms with van der Waals surface area (Å²) in [5, 5.41) is 12.3. The Hall–Kier alpha value is -1.77. The van der Waals surface area contributed by atoms with E-state index in [9.17, 15) is 0 Å². The molecule has 0 amide bonds. The van der Waals surface area contributed by atoms with Crippen molar-refractivity contribution < 1.29 is 14.2 Å². The van der Waals surface area contributed by atoms with Gasteiger partial charge in [-0.3, -0.25) is 0 Å². The van der Waals surface area contributed by atoms with Crippen molar-refractivity contribution >= 4 is 0 Å². The number of nitrogens with zero attached hydrogens (tertiary/aromatic N) is 1. The molecule has 1 aliphatic rings. The van der Waals surface area contributed by atoms with Gasteiger partial charge in [0.05, 0.1) is 38.6 Å². The Morgan fingerprint density at radius 3 is 2.78 bits per heavy atom. The fourth-order valence-corrected chi connectivity index (χ4v) is 2.06. The van der Waals surface area contributed by atoms with Gasteiger partial charge >= 0.3 is 0 Å². The second kappa shape index (κ2) is 5.71. The van der Waals surface area contributed by atoms with Crippen LogP contribution in [-0.4, -0.2) is 33.9 Å². The summed E-state index contributed by atoms with van der Waals surface area (Å²) in [5.41, 5.74) is 1.39. The van der Waals surface area contributed by atoms with Crippen molar-refractivity contribution in [2.45, 2.75) is 6.10 Å². The van der Waals surface area contributed by atoms with Crippen LogP contribution < -0.4 is 14.8 Å². The minimum atomic E-state index is -0.115. The number of ether oxygens (including phenoxy) is 3. The molecule has 1 fully saturated rings. The molecule has 5 heteroatoms. The summed E-state index contributed by atoms with van der Waals surface area (Å²) < 4.78 is 16.3. The van der Waals surface area contributed by atoms with Gasteiger partial charge in [0.15, 0.2) is 11.5 Å². The number of methoxy groups -OCH3 is 2. The van der Waals surface area contributed by atoms with E-state index >= 15 is 0 Å². The second-order valence-electron chi connectivity index (χ2n) is 3.98. The summed E-state index contributed by atoms with van der Waals surface area (Å²) in [5.74, 6) is 1.19. The highest BCUT2D eigenvalue weighted by atomic mass is 16.5. The predicted octanol–water partition coefficient (Wildman–Crippen LogP) is 1.24. The molecular formula is C13H16N2O3. The van der Waals surface area contributed by atoms with E-state index in [0.29, 0.717) is 30.2 Å². The molecule has 5 nitrogen and oxygen atoms in total. The van der Waals surface area contributed by atoms with Crippen LogP contribution in [0.2, 0.25) is 0 Å². The van der Waals surface area contributed by atoms with Gasteiger partial charge in [0, 0.05) is 24.7 Å². The minimum Gasteiger partial charge on any atom is -0.493 e. The molecule has 1 unspecified atom stereocenters. The third-order valence-electron chi connectivity index (χ3n) is 2.91. The summed E-state index contributed by atoms with van der Waals surface area (Å²) in [6.07, 6.45) is -0.115. The number of rotatable bonds is 3. The van der Waals surface area contributed by atoms with Gasteiger partial charge in [0.25, 0.3) is 0 Å². The number of benzene rings is 1. The van der Waals surface area contributed by atoms with Crippen molar-refractivity contribution in [3.05, 3.63) is 23.3 Å². The summed E-state index contributed by atoms with van der Waals surface area (Å²) in [7, 11) is 3.15. The van der Waals surface area contributed by atoms with Crippen LogP contribution in [0.25, 0.3) is 0 Å². The van der Waals surface area contributed by atoms with Crippen LogP contribution in [0.15, 0.2) is 12.1 Å². The fourth-order valence-electron chi connectivity index (χ4n) is 2.06. The molecule has 1 aliphatic heterocycles. The second-order valence-corrected chi connectivity index (χ2v) is 3.98. The lowest BCUT2D eigenvalue weighted by atomic mass is 10.0. The van der Waals surface area contributed by atoms with E-state index in [0.717, 1.165) is 12.1 Å². The molecule has 2 rings (SSSR count). The van der Waals surface area contributed by atoms with Crippen LogP contribution in [-0.2, 0) is 4.74 Å². The lowest BCUT2D eigenvalue weighted by Gasteiger charge is -2.26. The molecule has 1 atom stereocenters. The van der Waals surface area contributed by atoms with Crippen molar-refractivity contribution in [3.8, 4) is 17.6 Å². The number of morpholine rings is 1. The zero-order valence-corrected chi connectivity index (χ0v) is 10.5. The van der Waals surface area contributed by atoms with Gasteiger partial charge in [-0.2, -0.15) is 5.26 Å². The van der Waals surface area contributed by atoms with Crippen molar-refractivity contribution in [3.63, 3.8) is 0 Å². The minimum absolute atomic E-state index is 0.115. The maximum Gasteiger partial charge on any atom is 0.166 e. The van der Waals surface area contributed by atoms with E-state index in [1.54, 1.807) is 26.4 Å². The Morgan fingerprint density at radius 1 is 1.39 bits per heavy atom. The van der Waals surface area contributed by atoms with E-state index in [4.69, 9.17) is 19.5 Å². The van der Waals surface area contributed by atoms with Crippen molar-refractivity contribution in [2.24, 2.45) is 0 Å². The lowest BCUT2D eigenvalue weighted by Crippen LogP contribution is -2.33. The molecule has 0 bridgehead atoms. The summed E-state index contributed by atoms with van der Waals surface area (Å²) in [6, 6.07) is 5.58. The SMILES string of the molecule is COc1cc(C#N)cc(C2CNCCO2)c1OC. The van der Waals surface area contributed by atoms with E-state index in [2.05, 4.69) is 11.4 Å². The molecule has 1 aromatic rings. The fraction of sp³-hybridized carbons (Fsp3) is 0.462. The predicted molar refractivity (Wildman–Crippen MR) is 65.8 cm³/mol. The number of nitriles is 1. The van der Waals surface area contributed by atoms with Crippen LogP contribution in [0.1, 0.15) is 17.2 Å². The normalized spacial score (nSPS) is 19.1. The van der Waals surface area contributed by atoms with Gasteiger partial charge in [-0.15, -0.1) is 0 Å². The Balaban J connectivity index is 2.45. The maximum atomic E-state index is 9.04. The van der Waals surface area contributed by atoms with E-state index in [-0.39, 0.29) is 6.10 Å². The Labute approximate surface area is 106 Å². The van der Waals surface area contributed by atoms with Crippen LogP contribution in [0, 0.1) is 11.3 Å². The molecule has 1 heterocycles. The zero-order valence-electron chi connectivity index (χ0n) is 10.5. The Bertz CT molecular complexity index is 462. The summed E-state index contributed by atoms with van der Waals surface area (Å²) >= 11 is 0. The zero-order chi connectivity index (χ0) is 13.0. The molecule has 18 heavy (non-hydrogen) atoms. The third-order valence-corrected chi connectivity index (χ3v) is 2.91. The molecule has 1 saturated heterocycles. The Kier molecular flexibility index (Phi) is 4.03. The van der Waals surface area contributed by atoms with E-state index in [1.165, 1.54) is 0 Å². The first kappa shape index (κ1) is 12.7. The van der Waals surface area contributed by atoms with Crippen molar-refractivity contribution in [1.29, 1.82) is 5.26 Å². The highest BCUT2D eigenvalue weighted by Gasteiger charge is 2.23. The van der Waals surface area contributed by atoms with Gasteiger partial charge in [0.1, 0.15) is 0 Å². The number of hydrogen-bond acceptors (Lipinski definition) is 5. The molecule has 0 radical (unpaired) electrons. The molecular weight excluding hydrogens is 232 g/mol. The average Bonchev–Trinajstić information content (AvgIpc) is 2.46. The van der Waals surface area contributed by atoms with Gasteiger partial charge in [-0.05, 0) is 6.07 Å². The molecule has 96 valence electrons. The van der Waals surface area contributed by atoms with Crippen molar-refractivity contribution in [1.82, 2.24) is 5.32 Å². The highest BCUT2D eigenvalue weighted by Crippen LogP contribution is 2.37. The lowest BCUT2D eigenvalue weighted by molar-refractivity contribution is 0.0260. The molecule has 0 aromatic heterocycles.